The van der Waals surface area contributed by atoms with Gasteiger partial charge >= 0.3 is 5.97 Å². The molecular formula is C10H12N2O4. The Morgan fingerprint density at radius 3 is 2.12 bits per heavy atom. The highest BCUT2D eigenvalue weighted by atomic mass is 16.4. The van der Waals surface area contributed by atoms with E-state index in [0.29, 0.717) is 5.56 Å². The number of carboxylic acids is 1. The lowest BCUT2D eigenvalue weighted by atomic mass is 10.0. The van der Waals surface area contributed by atoms with Crippen molar-refractivity contribution in [2.45, 2.75) is 12.2 Å². The number of carbonyl (C=O) groups is 1. The Hall–Kier alpha value is -1.92. The molecule has 6 heteroatoms. The highest BCUT2D eigenvalue weighted by molar-refractivity contribution is 5.94. The maximum Gasteiger partial charge on any atom is 0.335 e. The highest BCUT2D eigenvalue weighted by Gasteiger charge is 2.24. The normalized spacial score (nSPS) is 14.1. The number of benzene rings is 1. The summed E-state index contributed by atoms with van der Waals surface area (Å²) in [6, 6.07) is 5.76. The number of hydrogen-bond acceptors (Lipinski definition) is 4. The van der Waals surface area contributed by atoms with Gasteiger partial charge in [0, 0.05) is 5.56 Å². The molecular weight excluding hydrogens is 212 g/mol. The van der Waals surface area contributed by atoms with E-state index in [9.17, 15) is 9.90 Å². The molecule has 0 spiro atoms. The molecule has 86 valence electrons. The van der Waals surface area contributed by atoms with Crippen LogP contribution in [0.5, 0.6) is 0 Å². The molecule has 6 N–H and O–H groups in total. The fraction of sp³-hybridized carbons (Fsp3) is 0.200. The molecule has 0 aliphatic heterocycles. The molecule has 2 atom stereocenters. The molecule has 0 radical (unpaired) electrons. The van der Waals surface area contributed by atoms with Crippen molar-refractivity contribution in [3.63, 3.8) is 0 Å². The molecule has 6 nitrogen and oxygen atoms in total. The third kappa shape index (κ3) is 2.56. The third-order valence-corrected chi connectivity index (χ3v) is 2.12. The average Bonchev–Trinajstić information content (AvgIpc) is 2.27. The predicted octanol–water partition coefficient (Wildman–Crippen LogP) is -0.550. The lowest BCUT2D eigenvalue weighted by Crippen LogP contribution is -2.27. The van der Waals surface area contributed by atoms with Gasteiger partial charge in [0.05, 0.1) is 0 Å². The minimum absolute atomic E-state index is 0.125. The smallest absolute Gasteiger partial charge is 0.335 e. The molecule has 1 aromatic carbocycles. The largest absolute Gasteiger partial charge is 0.479 e. The minimum atomic E-state index is -1.87. The lowest BCUT2D eigenvalue weighted by molar-refractivity contribution is -0.153. The number of carboxylic acid groups (broad SMARTS) is 1. The minimum Gasteiger partial charge on any atom is -0.479 e. The van der Waals surface area contributed by atoms with Gasteiger partial charge in [0.25, 0.3) is 0 Å². The van der Waals surface area contributed by atoms with E-state index in [-0.39, 0.29) is 11.4 Å². The second-order valence-electron chi connectivity index (χ2n) is 3.26. The summed E-state index contributed by atoms with van der Waals surface area (Å²) < 4.78 is 0. The van der Waals surface area contributed by atoms with Crippen LogP contribution < -0.4 is 5.73 Å². The molecule has 0 aromatic heterocycles. The predicted molar refractivity (Wildman–Crippen MR) is 56.1 cm³/mol. The summed E-state index contributed by atoms with van der Waals surface area (Å²) in [5.41, 5.74) is 5.93. The molecule has 0 aliphatic carbocycles. The first-order chi connectivity index (χ1) is 7.43. The van der Waals surface area contributed by atoms with Gasteiger partial charge in [0.1, 0.15) is 11.9 Å². The molecule has 2 unspecified atom stereocenters. The second-order valence-corrected chi connectivity index (χ2v) is 3.26. The summed E-state index contributed by atoms with van der Waals surface area (Å²) in [4.78, 5) is 10.4. The molecule has 1 aromatic rings. The van der Waals surface area contributed by atoms with Crippen LogP contribution in [0, 0.1) is 5.41 Å². The van der Waals surface area contributed by atoms with E-state index in [2.05, 4.69) is 0 Å². The first kappa shape index (κ1) is 12.2. The second kappa shape index (κ2) is 4.73. The Kier molecular flexibility index (Phi) is 3.60. The van der Waals surface area contributed by atoms with E-state index >= 15 is 0 Å². The van der Waals surface area contributed by atoms with Crippen LogP contribution in [0.1, 0.15) is 17.2 Å². The summed E-state index contributed by atoms with van der Waals surface area (Å²) in [6.45, 7) is 0. The van der Waals surface area contributed by atoms with Gasteiger partial charge in [0.2, 0.25) is 0 Å². The molecule has 0 bridgehead atoms. The van der Waals surface area contributed by atoms with Crippen molar-refractivity contribution in [1.82, 2.24) is 0 Å². The molecule has 1 rings (SSSR count). The number of nitrogens with two attached hydrogens (primary N) is 1. The van der Waals surface area contributed by atoms with E-state index < -0.39 is 18.2 Å². The zero-order valence-corrected chi connectivity index (χ0v) is 8.29. The van der Waals surface area contributed by atoms with E-state index in [1.165, 1.54) is 24.3 Å². The lowest BCUT2D eigenvalue weighted by Gasteiger charge is -2.14. The van der Waals surface area contributed by atoms with E-state index in [4.69, 9.17) is 21.4 Å². The van der Waals surface area contributed by atoms with Gasteiger partial charge in [-0.3, -0.25) is 5.41 Å². The van der Waals surface area contributed by atoms with Gasteiger partial charge in [0.15, 0.2) is 6.10 Å². The average molecular weight is 224 g/mol. The van der Waals surface area contributed by atoms with Crippen molar-refractivity contribution >= 4 is 11.8 Å². The van der Waals surface area contributed by atoms with Crippen molar-refractivity contribution in [2.24, 2.45) is 5.73 Å². The van der Waals surface area contributed by atoms with Crippen molar-refractivity contribution in [3.05, 3.63) is 35.4 Å². The number of amidine groups is 1. The fourth-order valence-corrected chi connectivity index (χ4v) is 1.18. The summed E-state index contributed by atoms with van der Waals surface area (Å²) >= 11 is 0. The summed E-state index contributed by atoms with van der Waals surface area (Å²) in [5.74, 6) is -1.62. The van der Waals surface area contributed by atoms with Crippen LogP contribution in [0.4, 0.5) is 0 Å². The topological polar surface area (TPSA) is 128 Å². The fourth-order valence-electron chi connectivity index (χ4n) is 1.18. The van der Waals surface area contributed by atoms with Crippen LogP contribution in [0.25, 0.3) is 0 Å². The number of aliphatic hydroxyl groups is 2. The number of rotatable bonds is 4. The van der Waals surface area contributed by atoms with E-state index in [1.807, 2.05) is 0 Å². The van der Waals surface area contributed by atoms with Crippen LogP contribution >= 0.6 is 0 Å². The van der Waals surface area contributed by atoms with Crippen molar-refractivity contribution in [2.75, 3.05) is 0 Å². The summed E-state index contributed by atoms with van der Waals surface area (Å²) in [7, 11) is 0. The molecule has 0 saturated carbocycles. The Morgan fingerprint density at radius 1 is 1.25 bits per heavy atom. The molecule has 0 aliphatic rings. The molecule has 0 amide bonds. The molecule has 16 heavy (non-hydrogen) atoms. The zero-order valence-electron chi connectivity index (χ0n) is 8.29. The van der Waals surface area contributed by atoms with Crippen LogP contribution in [-0.2, 0) is 4.79 Å². The maximum atomic E-state index is 10.4. The number of nitrogen functional groups attached to an aromatic ring is 1. The maximum absolute atomic E-state index is 10.4. The third-order valence-electron chi connectivity index (χ3n) is 2.12. The number of aliphatic hydroxyl groups excluding tert-OH is 2. The first-order valence-electron chi connectivity index (χ1n) is 4.46. The quantitative estimate of drug-likeness (QED) is 0.346. The number of aliphatic carboxylic acids is 1. The Balaban J connectivity index is 2.89. The number of hydrogen-bond donors (Lipinski definition) is 5. The van der Waals surface area contributed by atoms with E-state index in [1.54, 1.807) is 0 Å². The monoisotopic (exact) mass is 224 g/mol. The van der Waals surface area contributed by atoms with Crippen LogP contribution in [0.15, 0.2) is 24.3 Å². The van der Waals surface area contributed by atoms with Gasteiger partial charge in [-0.05, 0) is 5.56 Å². The van der Waals surface area contributed by atoms with Gasteiger partial charge in [-0.15, -0.1) is 0 Å². The standard InChI is InChI=1S/C10H12N2O4/c11-9(12)6-3-1-5(2-4-6)7(13)8(14)10(15)16/h1-4,7-8,13-14H,(H3,11,12)(H,15,16). The summed E-state index contributed by atoms with van der Waals surface area (Å²) in [5, 5.41) is 34.2. The molecule has 0 heterocycles. The van der Waals surface area contributed by atoms with Crippen LogP contribution in [-0.4, -0.2) is 33.2 Å². The first-order valence-corrected chi connectivity index (χ1v) is 4.46. The van der Waals surface area contributed by atoms with Gasteiger partial charge in [-0.1, -0.05) is 24.3 Å². The van der Waals surface area contributed by atoms with Crippen molar-refractivity contribution in [3.8, 4) is 0 Å². The zero-order chi connectivity index (χ0) is 12.3. The Bertz CT molecular complexity index is 402. The molecule has 0 saturated heterocycles. The Labute approximate surface area is 91.5 Å². The van der Waals surface area contributed by atoms with Gasteiger partial charge in [-0.25, -0.2) is 4.79 Å². The van der Waals surface area contributed by atoms with Crippen molar-refractivity contribution < 1.29 is 20.1 Å². The highest BCUT2D eigenvalue weighted by Crippen LogP contribution is 2.17. The van der Waals surface area contributed by atoms with Crippen molar-refractivity contribution in [1.29, 1.82) is 5.41 Å². The van der Waals surface area contributed by atoms with Crippen LogP contribution in [0.2, 0.25) is 0 Å². The number of nitrogens with one attached hydrogen (secondary N) is 1. The Morgan fingerprint density at radius 2 is 1.75 bits per heavy atom. The van der Waals surface area contributed by atoms with Crippen LogP contribution in [0.3, 0.4) is 0 Å². The van der Waals surface area contributed by atoms with Gasteiger partial charge < -0.3 is 21.1 Å². The molecule has 0 fully saturated rings. The van der Waals surface area contributed by atoms with E-state index in [0.717, 1.165) is 0 Å². The SMILES string of the molecule is N=C(N)c1ccc(C(O)C(O)C(=O)O)cc1. The summed E-state index contributed by atoms with van der Waals surface area (Å²) in [6.07, 6.45) is -3.37. The van der Waals surface area contributed by atoms with Gasteiger partial charge in [-0.2, -0.15) is 0 Å².